The molecule has 1 saturated carbocycles. The van der Waals surface area contributed by atoms with E-state index in [0.29, 0.717) is 11.9 Å². The molecule has 0 radical (unpaired) electrons. The summed E-state index contributed by atoms with van der Waals surface area (Å²) < 4.78 is 11.5. The molecule has 0 N–H and O–H groups in total. The summed E-state index contributed by atoms with van der Waals surface area (Å²) in [6.07, 6.45) is 6.11. The quantitative estimate of drug-likeness (QED) is 0.857. The highest BCUT2D eigenvalue weighted by Gasteiger charge is 2.49. The monoisotopic (exact) mass is 319 g/mol. The fraction of sp³-hybridized carbons (Fsp3) is 0.706. The smallest absolute Gasteiger partial charge is 0.410 e. The molecule has 1 saturated heterocycles. The lowest BCUT2D eigenvalue weighted by atomic mass is 10.1. The summed E-state index contributed by atoms with van der Waals surface area (Å²) in [7, 11) is 0. The maximum Gasteiger partial charge on any atom is 0.410 e. The first kappa shape index (κ1) is 16.0. The van der Waals surface area contributed by atoms with Crippen molar-refractivity contribution in [2.24, 2.45) is 5.92 Å². The number of nitrogens with zero attached hydrogens (tertiary/aromatic N) is 3. The van der Waals surface area contributed by atoms with Crippen molar-refractivity contribution in [2.75, 3.05) is 6.54 Å². The number of fused-ring (bicyclic) bond motifs is 2. The van der Waals surface area contributed by atoms with Gasteiger partial charge in [-0.2, -0.15) is 0 Å². The zero-order valence-corrected chi connectivity index (χ0v) is 14.3. The molecule has 2 aliphatic rings. The van der Waals surface area contributed by atoms with Gasteiger partial charge in [0.05, 0.1) is 6.04 Å². The lowest BCUT2D eigenvalue weighted by molar-refractivity contribution is 0.00141. The summed E-state index contributed by atoms with van der Waals surface area (Å²) in [4.78, 5) is 22.7. The van der Waals surface area contributed by atoms with Crippen molar-refractivity contribution in [3.8, 4) is 6.01 Å². The molecule has 2 bridgehead atoms. The predicted molar refractivity (Wildman–Crippen MR) is 85.3 cm³/mol. The number of piperidine rings is 1. The van der Waals surface area contributed by atoms with Crippen molar-refractivity contribution >= 4 is 6.09 Å². The number of amides is 1. The van der Waals surface area contributed by atoms with Gasteiger partial charge in [-0.05, 0) is 51.5 Å². The first-order valence-electron chi connectivity index (χ1n) is 8.33. The van der Waals surface area contributed by atoms with Crippen LogP contribution in [0.25, 0.3) is 0 Å². The zero-order chi connectivity index (χ0) is 16.6. The Hall–Kier alpha value is -1.85. The van der Waals surface area contributed by atoms with Crippen molar-refractivity contribution in [3.63, 3.8) is 0 Å². The first-order valence-corrected chi connectivity index (χ1v) is 8.33. The Bertz CT molecular complexity index is 567. The number of carbonyl (C=O) groups is 1. The summed E-state index contributed by atoms with van der Waals surface area (Å²) in [5, 5.41) is 0. The maximum absolute atomic E-state index is 12.3. The number of rotatable bonds is 3. The Morgan fingerprint density at radius 1 is 1.30 bits per heavy atom. The van der Waals surface area contributed by atoms with E-state index in [1.807, 2.05) is 25.7 Å². The van der Waals surface area contributed by atoms with E-state index in [1.165, 1.54) is 0 Å². The van der Waals surface area contributed by atoms with E-state index in [0.717, 1.165) is 31.4 Å². The molecule has 6 heteroatoms. The largest absolute Gasteiger partial charge is 0.458 e. The van der Waals surface area contributed by atoms with Gasteiger partial charge in [0, 0.05) is 18.9 Å². The molecule has 0 spiro atoms. The molecule has 1 aromatic heterocycles. The second kappa shape index (κ2) is 5.98. The lowest BCUT2D eigenvalue weighted by Gasteiger charge is -2.34. The number of carbonyl (C=O) groups excluding carboxylic acids is 1. The Labute approximate surface area is 137 Å². The minimum absolute atomic E-state index is 0.0475. The topological polar surface area (TPSA) is 64.5 Å². The van der Waals surface area contributed by atoms with Crippen LogP contribution in [0.15, 0.2) is 12.4 Å². The second-order valence-corrected chi connectivity index (χ2v) is 7.42. The van der Waals surface area contributed by atoms with E-state index >= 15 is 0 Å². The Morgan fingerprint density at radius 3 is 2.57 bits per heavy atom. The molecule has 2 fully saturated rings. The van der Waals surface area contributed by atoms with E-state index < -0.39 is 5.60 Å². The third-order valence-corrected chi connectivity index (χ3v) is 4.40. The lowest BCUT2D eigenvalue weighted by Crippen LogP contribution is -2.48. The maximum atomic E-state index is 12.3. The molecule has 1 aliphatic carbocycles. The third-order valence-electron chi connectivity index (χ3n) is 4.40. The molecule has 23 heavy (non-hydrogen) atoms. The van der Waals surface area contributed by atoms with Crippen LogP contribution in [0.5, 0.6) is 6.01 Å². The highest BCUT2D eigenvalue weighted by molar-refractivity contribution is 5.69. The summed E-state index contributed by atoms with van der Waals surface area (Å²) >= 11 is 0. The number of hydrogen-bond donors (Lipinski definition) is 0. The summed E-state index contributed by atoms with van der Waals surface area (Å²) in [6, 6.07) is 0.452. The van der Waals surface area contributed by atoms with Crippen molar-refractivity contribution in [1.82, 2.24) is 14.9 Å². The molecular formula is C17H25N3O3. The van der Waals surface area contributed by atoms with E-state index in [2.05, 4.69) is 16.9 Å². The fourth-order valence-corrected chi connectivity index (χ4v) is 3.34. The van der Waals surface area contributed by atoms with Crippen LogP contribution in [0.3, 0.4) is 0 Å². The molecular weight excluding hydrogens is 294 g/mol. The van der Waals surface area contributed by atoms with Crippen LogP contribution in [0.4, 0.5) is 4.79 Å². The average Bonchev–Trinajstić information content (AvgIpc) is 3.06. The van der Waals surface area contributed by atoms with Crippen molar-refractivity contribution in [1.29, 1.82) is 0 Å². The molecule has 1 aromatic rings. The predicted octanol–water partition coefficient (Wildman–Crippen LogP) is 2.82. The number of ether oxygens (including phenoxy) is 2. The molecule has 3 rings (SSSR count). The van der Waals surface area contributed by atoms with E-state index in [1.54, 1.807) is 12.4 Å². The van der Waals surface area contributed by atoms with Gasteiger partial charge < -0.3 is 14.4 Å². The van der Waals surface area contributed by atoms with Crippen LogP contribution in [0.2, 0.25) is 0 Å². The molecule has 2 heterocycles. The Kier molecular flexibility index (Phi) is 4.17. The SMILES string of the molecule is CCc1cnc(O[C@@H]2C[C@H]3C[C@@H]2N(C(=O)OC(C)(C)C)C3)nc1. The van der Waals surface area contributed by atoms with Gasteiger partial charge in [-0.25, -0.2) is 14.8 Å². The van der Waals surface area contributed by atoms with Crippen LogP contribution in [-0.2, 0) is 11.2 Å². The summed E-state index contributed by atoms with van der Waals surface area (Å²) in [6.45, 7) is 8.48. The minimum Gasteiger partial charge on any atom is -0.458 e. The fourth-order valence-electron chi connectivity index (χ4n) is 3.34. The second-order valence-electron chi connectivity index (χ2n) is 7.42. The van der Waals surface area contributed by atoms with Gasteiger partial charge in [0.25, 0.3) is 0 Å². The number of hydrogen-bond acceptors (Lipinski definition) is 5. The summed E-state index contributed by atoms with van der Waals surface area (Å²) in [5.41, 5.74) is 0.606. The van der Waals surface area contributed by atoms with Crippen LogP contribution < -0.4 is 4.74 Å². The highest BCUT2D eigenvalue weighted by atomic mass is 16.6. The van der Waals surface area contributed by atoms with Gasteiger partial charge in [0.2, 0.25) is 0 Å². The van der Waals surface area contributed by atoms with Crippen LogP contribution in [-0.4, -0.2) is 45.3 Å². The van der Waals surface area contributed by atoms with E-state index in [9.17, 15) is 4.79 Å². The number of aromatic nitrogens is 2. The standard InChI is InChI=1S/C17H25N3O3/c1-5-11-8-18-15(19-9-11)22-14-7-12-6-13(14)20(10-12)16(21)23-17(2,3)4/h8-9,12-14H,5-7,10H2,1-4H3/t12-,13+,14-/m1/s1. The normalized spacial score (nSPS) is 26.4. The Morgan fingerprint density at radius 2 is 2.00 bits per heavy atom. The van der Waals surface area contributed by atoms with Gasteiger partial charge in [-0.15, -0.1) is 0 Å². The average molecular weight is 319 g/mol. The van der Waals surface area contributed by atoms with Crippen molar-refractivity contribution in [3.05, 3.63) is 18.0 Å². The summed E-state index contributed by atoms with van der Waals surface area (Å²) in [5.74, 6) is 0.479. The van der Waals surface area contributed by atoms with E-state index in [4.69, 9.17) is 9.47 Å². The van der Waals surface area contributed by atoms with Crippen molar-refractivity contribution < 1.29 is 14.3 Å². The number of likely N-dealkylation sites (tertiary alicyclic amines) is 1. The zero-order valence-electron chi connectivity index (χ0n) is 14.3. The van der Waals surface area contributed by atoms with Gasteiger partial charge in [0.1, 0.15) is 11.7 Å². The molecule has 0 unspecified atom stereocenters. The van der Waals surface area contributed by atoms with E-state index in [-0.39, 0.29) is 18.2 Å². The Balaban J connectivity index is 1.64. The molecule has 0 aromatic carbocycles. The van der Waals surface area contributed by atoms with Gasteiger partial charge in [-0.3, -0.25) is 0 Å². The van der Waals surface area contributed by atoms with Gasteiger partial charge >= 0.3 is 12.1 Å². The first-order chi connectivity index (χ1) is 10.9. The van der Waals surface area contributed by atoms with Crippen molar-refractivity contribution in [2.45, 2.75) is 64.7 Å². The minimum atomic E-state index is -0.478. The molecule has 1 aliphatic heterocycles. The molecule has 1 amide bonds. The highest BCUT2D eigenvalue weighted by Crippen LogP contribution is 2.40. The van der Waals surface area contributed by atoms with Crippen LogP contribution >= 0.6 is 0 Å². The number of aryl methyl sites for hydroxylation is 1. The van der Waals surface area contributed by atoms with Gasteiger partial charge in [0.15, 0.2) is 0 Å². The molecule has 6 nitrogen and oxygen atoms in total. The molecule has 126 valence electrons. The van der Waals surface area contributed by atoms with Crippen LogP contribution in [0, 0.1) is 5.92 Å². The third kappa shape index (κ3) is 3.57. The molecule has 3 atom stereocenters. The van der Waals surface area contributed by atoms with Gasteiger partial charge in [-0.1, -0.05) is 6.92 Å². The van der Waals surface area contributed by atoms with Crippen LogP contribution in [0.1, 0.15) is 46.1 Å².